The summed E-state index contributed by atoms with van der Waals surface area (Å²) in [6.45, 7) is 0.459. The molecule has 2 rings (SSSR count). The van der Waals surface area contributed by atoms with E-state index in [1.807, 2.05) is 0 Å². The maximum atomic E-state index is 12.7. The molecule has 1 aliphatic rings. The van der Waals surface area contributed by atoms with Gasteiger partial charge in [-0.05, 0) is 30.5 Å². The van der Waals surface area contributed by atoms with Gasteiger partial charge in [-0.2, -0.15) is 0 Å². The highest BCUT2D eigenvalue weighted by Gasteiger charge is 2.29. The fourth-order valence-corrected chi connectivity index (χ4v) is 2.03. The first kappa shape index (κ1) is 12.2. The zero-order chi connectivity index (χ0) is 12.3. The molecule has 4 heteroatoms. The first-order valence-corrected chi connectivity index (χ1v) is 5.81. The van der Waals surface area contributed by atoms with E-state index in [2.05, 4.69) is 0 Å². The van der Waals surface area contributed by atoms with Crippen LogP contribution in [0.5, 0.6) is 0 Å². The summed E-state index contributed by atoms with van der Waals surface area (Å²) in [5, 5.41) is 0. The molecule has 3 nitrogen and oxygen atoms in total. The van der Waals surface area contributed by atoms with Crippen LogP contribution in [0.15, 0.2) is 24.3 Å². The highest BCUT2D eigenvalue weighted by atomic mass is 19.1. The second kappa shape index (κ2) is 5.38. The van der Waals surface area contributed by atoms with Crippen molar-refractivity contribution >= 4 is 5.78 Å². The molecule has 1 heterocycles. The van der Waals surface area contributed by atoms with Crippen molar-refractivity contribution < 1.29 is 13.9 Å². The molecule has 1 aromatic rings. The van der Waals surface area contributed by atoms with E-state index in [4.69, 9.17) is 10.5 Å². The van der Waals surface area contributed by atoms with Crippen molar-refractivity contribution in [3.63, 3.8) is 0 Å². The van der Waals surface area contributed by atoms with Gasteiger partial charge < -0.3 is 10.5 Å². The van der Waals surface area contributed by atoms with E-state index in [0.717, 1.165) is 18.4 Å². The largest absolute Gasteiger partial charge is 0.366 e. The summed E-state index contributed by atoms with van der Waals surface area (Å²) in [5.41, 5.74) is 6.30. The van der Waals surface area contributed by atoms with Crippen molar-refractivity contribution in [2.75, 3.05) is 6.54 Å². The van der Waals surface area contributed by atoms with Gasteiger partial charge in [-0.1, -0.05) is 12.1 Å². The smallest absolute Gasteiger partial charge is 0.165 e. The first-order chi connectivity index (χ1) is 8.19. The second-order valence-corrected chi connectivity index (χ2v) is 4.33. The molecule has 0 radical (unpaired) electrons. The number of rotatable bonds is 4. The van der Waals surface area contributed by atoms with E-state index in [0.29, 0.717) is 13.0 Å². The van der Waals surface area contributed by atoms with Crippen molar-refractivity contribution in [2.45, 2.75) is 31.5 Å². The Kier molecular flexibility index (Phi) is 3.86. The number of hydrogen-bond acceptors (Lipinski definition) is 3. The lowest BCUT2D eigenvalue weighted by Gasteiger charge is -2.11. The van der Waals surface area contributed by atoms with E-state index in [9.17, 15) is 9.18 Å². The van der Waals surface area contributed by atoms with Gasteiger partial charge in [0, 0.05) is 13.0 Å². The summed E-state index contributed by atoms with van der Waals surface area (Å²) in [4.78, 5) is 11.9. The first-order valence-electron chi connectivity index (χ1n) is 5.81. The van der Waals surface area contributed by atoms with E-state index in [-0.39, 0.29) is 23.8 Å². The maximum Gasteiger partial charge on any atom is 0.165 e. The van der Waals surface area contributed by atoms with Crippen LogP contribution in [0.25, 0.3) is 0 Å². The zero-order valence-electron chi connectivity index (χ0n) is 9.56. The van der Waals surface area contributed by atoms with Gasteiger partial charge in [0.1, 0.15) is 11.9 Å². The summed E-state index contributed by atoms with van der Waals surface area (Å²) in [5.74, 6) is -0.242. The van der Waals surface area contributed by atoms with Crippen LogP contribution in [0.3, 0.4) is 0 Å². The summed E-state index contributed by atoms with van der Waals surface area (Å²) >= 11 is 0. The molecule has 0 bridgehead atoms. The van der Waals surface area contributed by atoms with Gasteiger partial charge in [-0.3, -0.25) is 4.79 Å². The number of halogens is 1. The third-order valence-electron chi connectivity index (χ3n) is 3.02. The third-order valence-corrected chi connectivity index (χ3v) is 3.02. The van der Waals surface area contributed by atoms with Crippen LogP contribution in [0.1, 0.15) is 18.4 Å². The molecule has 1 aliphatic heterocycles. The Balaban J connectivity index is 1.91. The summed E-state index contributed by atoms with van der Waals surface area (Å²) in [7, 11) is 0. The molecule has 0 aromatic heterocycles. The Morgan fingerprint density at radius 2 is 2.06 bits per heavy atom. The normalized spacial score (nSPS) is 23.9. The standard InChI is InChI=1S/C13H16FNO2/c14-10-3-1-9(2-4-10)7-12(16)13-6-5-11(8-15)17-13/h1-4,11,13H,5-8,15H2. The van der Waals surface area contributed by atoms with Gasteiger partial charge in [0.25, 0.3) is 0 Å². The fourth-order valence-electron chi connectivity index (χ4n) is 2.03. The molecule has 92 valence electrons. The van der Waals surface area contributed by atoms with Gasteiger partial charge >= 0.3 is 0 Å². The number of ether oxygens (including phenoxy) is 1. The van der Waals surface area contributed by atoms with Crippen molar-refractivity contribution in [1.82, 2.24) is 0 Å². The van der Waals surface area contributed by atoms with E-state index < -0.39 is 0 Å². The minimum Gasteiger partial charge on any atom is -0.366 e. The fraction of sp³-hybridized carbons (Fsp3) is 0.462. The number of carbonyl (C=O) groups excluding carboxylic acids is 1. The number of Topliss-reactive ketones (excluding diaryl/α,β-unsaturated/α-hetero) is 1. The summed E-state index contributed by atoms with van der Waals surface area (Å²) in [6.07, 6.45) is 1.55. The molecular weight excluding hydrogens is 221 g/mol. The van der Waals surface area contributed by atoms with Gasteiger partial charge in [0.2, 0.25) is 0 Å². The molecule has 2 atom stereocenters. The Hall–Kier alpha value is -1.26. The third kappa shape index (κ3) is 3.11. The van der Waals surface area contributed by atoms with Crippen molar-refractivity contribution in [1.29, 1.82) is 0 Å². The van der Waals surface area contributed by atoms with E-state index in [1.165, 1.54) is 12.1 Å². The Morgan fingerprint density at radius 3 is 2.65 bits per heavy atom. The highest BCUT2D eigenvalue weighted by molar-refractivity contribution is 5.85. The maximum absolute atomic E-state index is 12.7. The predicted octanol–water partition coefficient (Wildman–Crippen LogP) is 1.44. The van der Waals surface area contributed by atoms with Gasteiger partial charge in [-0.25, -0.2) is 4.39 Å². The molecule has 0 saturated carbocycles. The molecule has 17 heavy (non-hydrogen) atoms. The van der Waals surface area contributed by atoms with Crippen LogP contribution in [0.2, 0.25) is 0 Å². The quantitative estimate of drug-likeness (QED) is 0.862. The van der Waals surface area contributed by atoms with Crippen LogP contribution in [-0.4, -0.2) is 24.5 Å². The molecule has 1 aromatic carbocycles. The molecule has 0 amide bonds. The lowest BCUT2D eigenvalue weighted by Crippen LogP contribution is -2.26. The van der Waals surface area contributed by atoms with Crippen LogP contribution in [0.4, 0.5) is 4.39 Å². The van der Waals surface area contributed by atoms with Crippen LogP contribution >= 0.6 is 0 Å². The molecule has 1 saturated heterocycles. The molecule has 1 fully saturated rings. The number of carbonyl (C=O) groups is 1. The molecular formula is C13H16FNO2. The van der Waals surface area contributed by atoms with Crippen LogP contribution in [0, 0.1) is 5.82 Å². The lowest BCUT2D eigenvalue weighted by atomic mass is 10.0. The number of nitrogens with two attached hydrogens (primary N) is 1. The average molecular weight is 237 g/mol. The predicted molar refractivity (Wildman–Crippen MR) is 62.1 cm³/mol. The SMILES string of the molecule is NCC1CCC(C(=O)Cc2ccc(F)cc2)O1. The highest BCUT2D eigenvalue weighted by Crippen LogP contribution is 2.20. The zero-order valence-corrected chi connectivity index (χ0v) is 9.56. The topological polar surface area (TPSA) is 52.3 Å². The lowest BCUT2D eigenvalue weighted by molar-refractivity contribution is -0.128. The van der Waals surface area contributed by atoms with E-state index >= 15 is 0 Å². The van der Waals surface area contributed by atoms with Crippen LogP contribution < -0.4 is 5.73 Å². The van der Waals surface area contributed by atoms with Gasteiger partial charge in [0.05, 0.1) is 6.10 Å². The minimum absolute atomic E-state index is 0.0113. The van der Waals surface area contributed by atoms with Crippen molar-refractivity contribution in [3.8, 4) is 0 Å². The molecule has 0 spiro atoms. The monoisotopic (exact) mass is 237 g/mol. The van der Waals surface area contributed by atoms with Crippen molar-refractivity contribution in [3.05, 3.63) is 35.6 Å². The Bertz CT molecular complexity index is 391. The van der Waals surface area contributed by atoms with E-state index in [1.54, 1.807) is 12.1 Å². The number of benzene rings is 1. The molecule has 2 unspecified atom stereocenters. The number of hydrogen-bond donors (Lipinski definition) is 1. The van der Waals surface area contributed by atoms with Gasteiger partial charge in [0.15, 0.2) is 5.78 Å². The molecule has 0 aliphatic carbocycles. The summed E-state index contributed by atoms with van der Waals surface area (Å²) < 4.78 is 18.2. The average Bonchev–Trinajstić information content (AvgIpc) is 2.81. The second-order valence-electron chi connectivity index (χ2n) is 4.33. The minimum atomic E-state index is -0.339. The van der Waals surface area contributed by atoms with Crippen LogP contribution in [-0.2, 0) is 16.0 Å². The Morgan fingerprint density at radius 1 is 1.35 bits per heavy atom. The van der Waals surface area contributed by atoms with Crippen molar-refractivity contribution in [2.24, 2.45) is 5.73 Å². The van der Waals surface area contributed by atoms with Gasteiger partial charge in [-0.15, -0.1) is 0 Å². The number of ketones is 1. The summed E-state index contributed by atoms with van der Waals surface area (Å²) in [6, 6.07) is 5.98. The Labute approximate surface area is 99.8 Å². The molecule has 2 N–H and O–H groups in total.